The first-order chi connectivity index (χ1) is 10.1. The Morgan fingerprint density at radius 3 is 2.71 bits per heavy atom. The normalized spacial score (nSPS) is 10.9. The molecule has 1 heterocycles. The Kier molecular flexibility index (Phi) is 3.02. The minimum atomic E-state index is -0.562. The minimum absolute atomic E-state index is 0.0357. The number of nitrogens with one attached hydrogen (secondary N) is 1. The van der Waals surface area contributed by atoms with E-state index in [1.54, 1.807) is 18.2 Å². The first kappa shape index (κ1) is 13.0. The lowest BCUT2D eigenvalue weighted by atomic mass is 10.2. The summed E-state index contributed by atoms with van der Waals surface area (Å²) >= 11 is 0. The van der Waals surface area contributed by atoms with Gasteiger partial charge >= 0.3 is 0 Å². The summed E-state index contributed by atoms with van der Waals surface area (Å²) < 4.78 is 14.8. The molecule has 3 aromatic rings. The molecule has 1 aromatic heterocycles. The highest BCUT2D eigenvalue weighted by molar-refractivity contribution is 5.80. The van der Waals surface area contributed by atoms with Gasteiger partial charge in [0.25, 0.3) is 11.2 Å². The van der Waals surface area contributed by atoms with Gasteiger partial charge in [0.2, 0.25) is 0 Å². The fraction of sp³-hybridized carbons (Fsp3) is 0.0714. The Labute approximate surface area is 117 Å². The third kappa shape index (κ3) is 2.29. The Balaban J connectivity index is 2.08. The van der Waals surface area contributed by atoms with Crippen LogP contribution in [-0.4, -0.2) is 14.7 Å². The molecule has 0 aliphatic carbocycles. The van der Waals surface area contributed by atoms with Crippen LogP contribution in [0.4, 0.5) is 10.1 Å². The number of fused-ring (bicyclic) bond motifs is 1. The first-order valence-corrected chi connectivity index (χ1v) is 6.16. The molecule has 0 amide bonds. The molecule has 6 nitrogen and oxygen atoms in total. The lowest BCUT2D eigenvalue weighted by molar-refractivity contribution is -0.384. The van der Waals surface area contributed by atoms with E-state index in [1.807, 2.05) is 0 Å². The third-order valence-corrected chi connectivity index (χ3v) is 3.23. The summed E-state index contributed by atoms with van der Waals surface area (Å²) in [4.78, 5) is 22.4. The summed E-state index contributed by atoms with van der Waals surface area (Å²) in [7, 11) is 0. The van der Waals surface area contributed by atoms with Crippen LogP contribution < -0.4 is 5.56 Å². The van der Waals surface area contributed by atoms with Crippen LogP contribution in [-0.2, 0) is 6.54 Å². The van der Waals surface area contributed by atoms with E-state index in [1.165, 1.54) is 28.9 Å². The van der Waals surface area contributed by atoms with Crippen LogP contribution in [0.3, 0.4) is 0 Å². The highest BCUT2D eigenvalue weighted by Crippen LogP contribution is 2.17. The van der Waals surface area contributed by atoms with Crippen LogP contribution >= 0.6 is 0 Å². The van der Waals surface area contributed by atoms with Crippen LogP contribution in [0.1, 0.15) is 5.56 Å². The van der Waals surface area contributed by atoms with Crippen molar-refractivity contribution in [1.82, 2.24) is 9.78 Å². The molecule has 2 aromatic carbocycles. The van der Waals surface area contributed by atoms with Crippen molar-refractivity contribution in [3.05, 3.63) is 74.3 Å². The largest absolute Gasteiger partial charge is 0.295 e. The third-order valence-electron chi connectivity index (χ3n) is 3.23. The van der Waals surface area contributed by atoms with Crippen molar-refractivity contribution in [3.8, 4) is 0 Å². The number of aromatic amines is 1. The van der Waals surface area contributed by atoms with Crippen molar-refractivity contribution in [2.75, 3.05) is 0 Å². The molecule has 0 radical (unpaired) electrons. The number of aromatic nitrogens is 2. The SMILES string of the molecule is O=c1c2cc([N+](=O)[O-])ccc2[nH]n1Cc1ccccc1F. The van der Waals surface area contributed by atoms with Gasteiger partial charge in [-0.2, -0.15) is 0 Å². The molecule has 1 N–H and O–H groups in total. The van der Waals surface area contributed by atoms with Gasteiger partial charge in [-0.1, -0.05) is 18.2 Å². The van der Waals surface area contributed by atoms with E-state index in [4.69, 9.17) is 0 Å². The predicted octanol–water partition coefficient (Wildman–Crippen LogP) is 2.43. The molecule has 0 bridgehead atoms. The predicted molar refractivity (Wildman–Crippen MR) is 74.7 cm³/mol. The van der Waals surface area contributed by atoms with Gasteiger partial charge in [-0.15, -0.1) is 0 Å². The van der Waals surface area contributed by atoms with E-state index < -0.39 is 16.3 Å². The molecule has 106 valence electrons. The van der Waals surface area contributed by atoms with E-state index in [0.29, 0.717) is 11.1 Å². The molecular formula is C14H10FN3O3. The number of nitro groups is 1. The van der Waals surface area contributed by atoms with E-state index in [9.17, 15) is 19.3 Å². The number of hydrogen-bond donors (Lipinski definition) is 1. The molecule has 0 aliphatic rings. The molecular weight excluding hydrogens is 277 g/mol. The lowest BCUT2D eigenvalue weighted by Gasteiger charge is -2.02. The van der Waals surface area contributed by atoms with Gasteiger partial charge in [-0.3, -0.25) is 20.0 Å². The highest BCUT2D eigenvalue weighted by Gasteiger charge is 2.13. The monoisotopic (exact) mass is 287 g/mol. The molecule has 0 unspecified atom stereocenters. The fourth-order valence-corrected chi connectivity index (χ4v) is 2.17. The Bertz CT molecular complexity index is 898. The highest BCUT2D eigenvalue weighted by atomic mass is 19.1. The maximum Gasteiger partial charge on any atom is 0.274 e. The average Bonchev–Trinajstić information content (AvgIpc) is 2.77. The first-order valence-electron chi connectivity index (χ1n) is 6.16. The molecule has 0 saturated heterocycles. The number of benzene rings is 2. The molecule has 21 heavy (non-hydrogen) atoms. The maximum absolute atomic E-state index is 13.6. The molecule has 0 fully saturated rings. The van der Waals surface area contributed by atoms with E-state index in [2.05, 4.69) is 5.10 Å². The summed E-state index contributed by atoms with van der Waals surface area (Å²) in [6.07, 6.45) is 0. The second-order valence-electron chi connectivity index (χ2n) is 4.58. The number of H-pyrrole nitrogens is 1. The Morgan fingerprint density at radius 2 is 2.00 bits per heavy atom. The zero-order valence-electron chi connectivity index (χ0n) is 10.7. The molecule has 0 saturated carbocycles. The molecule has 0 aliphatic heterocycles. The molecule has 0 atom stereocenters. The summed E-state index contributed by atoms with van der Waals surface area (Å²) in [5.41, 5.74) is 0.260. The van der Waals surface area contributed by atoms with E-state index in [0.717, 1.165) is 0 Å². The Morgan fingerprint density at radius 1 is 1.24 bits per heavy atom. The summed E-state index contributed by atoms with van der Waals surface area (Å²) in [6, 6.07) is 10.1. The van der Waals surface area contributed by atoms with Crippen LogP contribution in [0, 0.1) is 15.9 Å². The van der Waals surface area contributed by atoms with Crippen molar-refractivity contribution in [1.29, 1.82) is 0 Å². The van der Waals surface area contributed by atoms with E-state index in [-0.39, 0.29) is 17.6 Å². The summed E-state index contributed by atoms with van der Waals surface area (Å²) in [6.45, 7) is 0.0357. The van der Waals surface area contributed by atoms with Gasteiger partial charge in [0.1, 0.15) is 5.82 Å². The second kappa shape index (κ2) is 4.86. The zero-order chi connectivity index (χ0) is 15.0. The van der Waals surface area contributed by atoms with Crippen LogP contribution in [0.15, 0.2) is 47.3 Å². The van der Waals surface area contributed by atoms with Crippen molar-refractivity contribution < 1.29 is 9.31 Å². The summed E-state index contributed by atoms with van der Waals surface area (Å²) in [5, 5.41) is 13.8. The maximum atomic E-state index is 13.6. The molecule has 0 spiro atoms. The minimum Gasteiger partial charge on any atom is -0.295 e. The quantitative estimate of drug-likeness (QED) is 0.593. The number of non-ortho nitro benzene ring substituents is 1. The lowest BCUT2D eigenvalue weighted by Crippen LogP contribution is -2.17. The van der Waals surface area contributed by atoms with Gasteiger partial charge in [-0.05, 0) is 12.1 Å². The second-order valence-corrected chi connectivity index (χ2v) is 4.58. The van der Waals surface area contributed by atoms with Crippen LogP contribution in [0.5, 0.6) is 0 Å². The number of nitrogens with zero attached hydrogens (tertiary/aromatic N) is 2. The van der Waals surface area contributed by atoms with Crippen molar-refractivity contribution in [3.63, 3.8) is 0 Å². The number of halogens is 1. The van der Waals surface area contributed by atoms with Crippen LogP contribution in [0.2, 0.25) is 0 Å². The van der Waals surface area contributed by atoms with Gasteiger partial charge in [-0.25, -0.2) is 9.07 Å². The van der Waals surface area contributed by atoms with Gasteiger partial charge < -0.3 is 0 Å². The average molecular weight is 287 g/mol. The van der Waals surface area contributed by atoms with Crippen molar-refractivity contribution >= 4 is 16.6 Å². The number of nitro benzene ring substituents is 1. The number of hydrogen-bond acceptors (Lipinski definition) is 3. The van der Waals surface area contributed by atoms with Crippen LogP contribution in [0.25, 0.3) is 10.9 Å². The number of rotatable bonds is 3. The standard InChI is InChI=1S/C14H10FN3O3/c15-12-4-2-1-3-9(12)8-17-14(19)11-7-10(18(20)21)5-6-13(11)16-17/h1-7,16H,8H2. The zero-order valence-corrected chi connectivity index (χ0v) is 10.7. The van der Waals surface area contributed by atoms with E-state index >= 15 is 0 Å². The van der Waals surface area contributed by atoms with Gasteiger partial charge in [0.05, 0.1) is 22.4 Å². The summed E-state index contributed by atoms with van der Waals surface area (Å²) in [5.74, 6) is -0.408. The van der Waals surface area contributed by atoms with Gasteiger partial charge in [0, 0.05) is 17.7 Å². The molecule has 3 rings (SSSR count). The van der Waals surface area contributed by atoms with Crippen molar-refractivity contribution in [2.24, 2.45) is 0 Å². The van der Waals surface area contributed by atoms with Gasteiger partial charge in [0.15, 0.2) is 0 Å². The fourth-order valence-electron chi connectivity index (χ4n) is 2.17. The smallest absolute Gasteiger partial charge is 0.274 e. The molecule has 7 heteroatoms. The topological polar surface area (TPSA) is 80.9 Å². The van der Waals surface area contributed by atoms with Crippen molar-refractivity contribution in [2.45, 2.75) is 6.54 Å². The Hall–Kier alpha value is -2.96.